The van der Waals surface area contributed by atoms with Crippen LogP contribution in [0, 0.1) is 5.82 Å². The SMILES string of the molecule is CS(=O)(=O)c1cccc(C(=O)Nc2ccc(O)cc2F)c1. The Bertz CT molecular complexity index is 802. The van der Waals surface area contributed by atoms with Crippen molar-refractivity contribution in [3.63, 3.8) is 0 Å². The number of hydrogen-bond acceptors (Lipinski definition) is 4. The van der Waals surface area contributed by atoms with Crippen LogP contribution in [-0.4, -0.2) is 25.7 Å². The molecular formula is C14H12FNO4S. The first-order valence-electron chi connectivity index (χ1n) is 5.87. The van der Waals surface area contributed by atoms with Crippen molar-refractivity contribution < 1.29 is 22.7 Å². The predicted octanol–water partition coefficient (Wildman–Crippen LogP) is 2.19. The summed E-state index contributed by atoms with van der Waals surface area (Å²) in [4.78, 5) is 12.0. The highest BCUT2D eigenvalue weighted by atomic mass is 32.2. The predicted molar refractivity (Wildman–Crippen MR) is 75.6 cm³/mol. The molecule has 0 heterocycles. The smallest absolute Gasteiger partial charge is 0.255 e. The van der Waals surface area contributed by atoms with Gasteiger partial charge in [-0.15, -0.1) is 0 Å². The minimum atomic E-state index is -3.43. The van der Waals surface area contributed by atoms with E-state index in [9.17, 15) is 17.6 Å². The number of benzene rings is 2. The minimum Gasteiger partial charge on any atom is -0.508 e. The Hall–Kier alpha value is -2.41. The molecule has 0 aliphatic carbocycles. The monoisotopic (exact) mass is 309 g/mol. The Labute approximate surface area is 121 Å². The summed E-state index contributed by atoms with van der Waals surface area (Å²) in [7, 11) is -3.43. The van der Waals surface area contributed by atoms with Crippen molar-refractivity contribution in [2.75, 3.05) is 11.6 Å². The van der Waals surface area contributed by atoms with Crippen LogP contribution in [0.15, 0.2) is 47.4 Å². The molecule has 2 aromatic rings. The number of sulfone groups is 1. The van der Waals surface area contributed by atoms with Crippen LogP contribution in [0.2, 0.25) is 0 Å². The van der Waals surface area contributed by atoms with E-state index in [1.165, 1.54) is 36.4 Å². The Balaban J connectivity index is 2.29. The topological polar surface area (TPSA) is 83.5 Å². The largest absolute Gasteiger partial charge is 0.508 e. The van der Waals surface area contributed by atoms with E-state index in [4.69, 9.17) is 5.11 Å². The number of rotatable bonds is 3. The molecule has 7 heteroatoms. The van der Waals surface area contributed by atoms with E-state index in [0.29, 0.717) is 0 Å². The number of carbonyl (C=O) groups excluding carboxylic acids is 1. The molecule has 21 heavy (non-hydrogen) atoms. The molecule has 2 aromatic carbocycles. The highest BCUT2D eigenvalue weighted by Crippen LogP contribution is 2.20. The summed E-state index contributed by atoms with van der Waals surface area (Å²) >= 11 is 0. The fourth-order valence-corrected chi connectivity index (χ4v) is 2.33. The Kier molecular flexibility index (Phi) is 3.95. The van der Waals surface area contributed by atoms with Crippen LogP contribution in [0.5, 0.6) is 5.75 Å². The number of aromatic hydroxyl groups is 1. The van der Waals surface area contributed by atoms with Crippen molar-refractivity contribution in [2.45, 2.75) is 4.90 Å². The molecule has 0 saturated heterocycles. The molecule has 5 nitrogen and oxygen atoms in total. The maximum absolute atomic E-state index is 13.5. The van der Waals surface area contributed by atoms with Gasteiger partial charge >= 0.3 is 0 Å². The number of halogens is 1. The van der Waals surface area contributed by atoms with Gasteiger partial charge in [0.05, 0.1) is 10.6 Å². The van der Waals surface area contributed by atoms with Crippen molar-refractivity contribution in [1.82, 2.24) is 0 Å². The van der Waals surface area contributed by atoms with Gasteiger partial charge in [-0.05, 0) is 30.3 Å². The molecular weight excluding hydrogens is 297 g/mol. The van der Waals surface area contributed by atoms with Crippen molar-refractivity contribution in [3.05, 3.63) is 53.8 Å². The Morgan fingerprint density at radius 2 is 1.90 bits per heavy atom. The molecule has 2 rings (SSSR count). The average molecular weight is 309 g/mol. The number of nitrogens with one attached hydrogen (secondary N) is 1. The maximum Gasteiger partial charge on any atom is 0.255 e. The molecule has 0 aromatic heterocycles. The summed E-state index contributed by atoms with van der Waals surface area (Å²) in [5.41, 5.74) is -0.0204. The third-order valence-electron chi connectivity index (χ3n) is 2.73. The van der Waals surface area contributed by atoms with Gasteiger partial charge in [-0.2, -0.15) is 0 Å². The fourth-order valence-electron chi connectivity index (χ4n) is 1.67. The van der Waals surface area contributed by atoms with Gasteiger partial charge in [-0.1, -0.05) is 6.07 Å². The summed E-state index contributed by atoms with van der Waals surface area (Å²) in [5, 5.41) is 11.4. The number of phenolic OH excluding ortho intramolecular Hbond substituents is 1. The maximum atomic E-state index is 13.5. The van der Waals surface area contributed by atoms with E-state index >= 15 is 0 Å². The van der Waals surface area contributed by atoms with Crippen molar-refractivity contribution in [1.29, 1.82) is 0 Å². The van der Waals surface area contributed by atoms with Gasteiger partial charge in [0.1, 0.15) is 11.6 Å². The molecule has 1 amide bonds. The van der Waals surface area contributed by atoms with Gasteiger partial charge in [0.25, 0.3) is 5.91 Å². The molecule has 2 N–H and O–H groups in total. The summed E-state index contributed by atoms with van der Waals surface area (Å²) in [6.45, 7) is 0. The number of phenols is 1. The molecule has 0 fully saturated rings. The van der Waals surface area contributed by atoms with Gasteiger partial charge in [-0.25, -0.2) is 12.8 Å². The molecule has 0 saturated carbocycles. The zero-order chi connectivity index (χ0) is 15.6. The summed E-state index contributed by atoms with van der Waals surface area (Å²) in [6.07, 6.45) is 1.03. The van der Waals surface area contributed by atoms with Gasteiger partial charge in [0, 0.05) is 17.9 Å². The highest BCUT2D eigenvalue weighted by Gasteiger charge is 2.13. The van der Waals surface area contributed by atoms with E-state index in [-0.39, 0.29) is 21.9 Å². The molecule has 110 valence electrons. The summed E-state index contributed by atoms with van der Waals surface area (Å²) in [6, 6.07) is 8.73. The van der Waals surface area contributed by atoms with Crippen LogP contribution in [0.3, 0.4) is 0 Å². The van der Waals surface area contributed by atoms with Crippen LogP contribution in [-0.2, 0) is 9.84 Å². The Morgan fingerprint density at radius 1 is 1.19 bits per heavy atom. The number of carbonyl (C=O) groups is 1. The lowest BCUT2D eigenvalue weighted by Gasteiger charge is -2.07. The average Bonchev–Trinajstić information content (AvgIpc) is 2.41. The summed E-state index contributed by atoms with van der Waals surface area (Å²) < 4.78 is 36.4. The third kappa shape index (κ3) is 3.57. The van der Waals surface area contributed by atoms with Gasteiger partial charge < -0.3 is 10.4 Å². The second-order valence-electron chi connectivity index (χ2n) is 4.42. The number of amides is 1. The molecule has 0 bridgehead atoms. The Morgan fingerprint density at radius 3 is 2.52 bits per heavy atom. The third-order valence-corrected chi connectivity index (χ3v) is 3.84. The van der Waals surface area contributed by atoms with Gasteiger partial charge in [0.2, 0.25) is 0 Å². The number of hydrogen-bond donors (Lipinski definition) is 2. The normalized spacial score (nSPS) is 11.1. The first-order valence-corrected chi connectivity index (χ1v) is 7.76. The first kappa shape index (κ1) is 15.0. The highest BCUT2D eigenvalue weighted by molar-refractivity contribution is 7.90. The molecule has 0 unspecified atom stereocenters. The van der Waals surface area contributed by atoms with Gasteiger partial charge in [0.15, 0.2) is 9.84 Å². The van der Waals surface area contributed by atoms with Gasteiger partial charge in [-0.3, -0.25) is 4.79 Å². The van der Waals surface area contributed by atoms with E-state index < -0.39 is 21.6 Å². The van der Waals surface area contributed by atoms with Crippen molar-refractivity contribution in [2.24, 2.45) is 0 Å². The molecule has 0 aliphatic heterocycles. The minimum absolute atomic E-state index is 0.00123. The standard InChI is InChI=1S/C14H12FNO4S/c1-21(19,20)11-4-2-3-9(7-11)14(18)16-13-6-5-10(17)8-12(13)15/h2-8,17H,1H3,(H,16,18). The van der Waals surface area contributed by atoms with E-state index in [1.54, 1.807) is 0 Å². The van der Waals surface area contributed by atoms with Crippen molar-refractivity contribution >= 4 is 21.4 Å². The zero-order valence-electron chi connectivity index (χ0n) is 11.0. The summed E-state index contributed by atoms with van der Waals surface area (Å²) in [5.74, 6) is -1.70. The lowest BCUT2D eigenvalue weighted by Crippen LogP contribution is -2.13. The second-order valence-corrected chi connectivity index (χ2v) is 6.43. The first-order chi connectivity index (χ1) is 9.77. The molecule has 0 aliphatic rings. The molecule has 0 atom stereocenters. The van der Waals surface area contributed by atoms with Crippen molar-refractivity contribution in [3.8, 4) is 5.75 Å². The van der Waals surface area contributed by atoms with E-state index in [1.807, 2.05) is 0 Å². The van der Waals surface area contributed by atoms with E-state index in [0.717, 1.165) is 12.3 Å². The zero-order valence-corrected chi connectivity index (χ0v) is 11.8. The molecule has 0 spiro atoms. The van der Waals surface area contributed by atoms with Crippen LogP contribution in [0.1, 0.15) is 10.4 Å². The van der Waals surface area contributed by atoms with Crippen LogP contribution < -0.4 is 5.32 Å². The second kappa shape index (κ2) is 5.53. The molecule has 0 radical (unpaired) electrons. The van der Waals surface area contributed by atoms with Crippen LogP contribution in [0.4, 0.5) is 10.1 Å². The van der Waals surface area contributed by atoms with E-state index in [2.05, 4.69) is 5.32 Å². The number of anilines is 1. The quantitative estimate of drug-likeness (QED) is 0.851. The fraction of sp³-hybridized carbons (Fsp3) is 0.0714. The van der Waals surface area contributed by atoms with Crippen LogP contribution in [0.25, 0.3) is 0 Å². The van der Waals surface area contributed by atoms with Crippen LogP contribution >= 0.6 is 0 Å². The lowest BCUT2D eigenvalue weighted by atomic mass is 10.2. The lowest BCUT2D eigenvalue weighted by molar-refractivity contribution is 0.102.